The van der Waals surface area contributed by atoms with E-state index in [4.69, 9.17) is 4.74 Å². The van der Waals surface area contributed by atoms with Crippen molar-refractivity contribution in [2.24, 2.45) is 5.41 Å². The summed E-state index contributed by atoms with van der Waals surface area (Å²) in [5, 5.41) is 20.6. The van der Waals surface area contributed by atoms with Gasteiger partial charge in [0, 0.05) is 0 Å². The fourth-order valence-electron chi connectivity index (χ4n) is 3.82. The minimum Gasteiger partial charge on any atom is -0.388 e. The van der Waals surface area contributed by atoms with Crippen molar-refractivity contribution in [1.29, 1.82) is 5.26 Å². The third-order valence-electron chi connectivity index (χ3n) is 4.56. The molecule has 0 spiro atoms. The lowest BCUT2D eigenvalue weighted by Crippen LogP contribution is -2.53. The minimum absolute atomic E-state index is 0.0411. The van der Waals surface area contributed by atoms with Crippen molar-refractivity contribution in [1.82, 2.24) is 0 Å². The Balaban J connectivity index is 2.30. The molecule has 3 unspecified atom stereocenters. The van der Waals surface area contributed by atoms with Crippen LogP contribution in [0, 0.1) is 16.7 Å². The van der Waals surface area contributed by atoms with E-state index in [1.54, 1.807) is 0 Å². The average Bonchev–Trinajstić information content (AvgIpc) is 2.89. The first-order chi connectivity index (χ1) is 8.12. The van der Waals surface area contributed by atoms with E-state index >= 15 is 0 Å². The van der Waals surface area contributed by atoms with Crippen molar-refractivity contribution in [2.75, 3.05) is 0 Å². The average molecular weight is 237 g/mol. The summed E-state index contributed by atoms with van der Waals surface area (Å²) in [4.78, 5) is 0. The lowest BCUT2D eigenvalue weighted by molar-refractivity contribution is -0.0967. The quantitative estimate of drug-likeness (QED) is 0.800. The number of ether oxygens (including phenoxy) is 1. The highest BCUT2D eigenvalue weighted by molar-refractivity contribution is 5.20. The van der Waals surface area contributed by atoms with Crippen LogP contribution in [0.25, 0.3) is 0 Å². The molecular weight excluding hydrogens is 214 g/mol. The van der Waals surface area contributed by atoms with Gasteiger partial charge in [0.25, 0.3) is 0 Å². The van der Waals surface area contributed by atoms with Gasteiger partial charge in [-0.05, 0) is 32.1 Å². The molecule has 0 aliphatic carbocycles. The zero-order valence-electron chi connectivity index (χ0n) is 10.9. The third-order valence-corrected chi connectivity index (χ3v) is 4.56. The second-order valence-electron chi connectivity index (χ2n) is 5.64. The van der Waals surface area contributed by atoms with Gasteiger partial charge in [0.1, 0.15) is 5.41 Å². The molecule has 0 aromatic rings. The lowest BCUT2D eigenvalue weighted by atomic mass is 9.61. The van der Waals surface area contributed by atoms with Gasteiger partial charge in [0.15, 0.2) is 0 Å². The molecule has 2 heterocycles. The highest BCUT2D eigenvalue weighted by atomic mass is 16.5. The molecule has 2 bridgehead atoms. The molecule has 0 saturated carbocycles. The van der Waals surface area contributed by atoms with Gasteiger partial charge in [-0.3, -0.25) is 0 Å². The number of hydrogen-bond acceptors (Lipinski definition) is 3. The molecule has 1 N–H and O–H groups in total. The number of fused-ring (bicyclic) bond motifs is 2. The Morgan fingerprint density at radius 1 is 1.35 bits per heavy atom. The van der Waals surface area contributed by atoms with Crippen LogP contribution in [-0.4, -0.2) is 22.9 Å². The number of hydrogen-bond donors (Lipinski definition) is 1. The monoisotopic (exact) mass is 237 g/mol. The number of nitrogens with zero attached hydrogens (tertiary/aromatic N) is 1. The van der Waals surface area contributed by atoms with E-state index in [0.29, 0.717) is 12.8 Å². The molecule has 0 amide bonds. The molecule has 3 nitrogen and oxygen atoms in total. The predicted octanol–water partition coefficient (Wildman–Crippen LogP) is 2.78. The van der Waals surface area contributed by atoms with Crippen LogP contribution < -0.4 is 0 Å². The molecule has 96 valence electrons. The number of aliphatic hydroxyl groups is 1. The zero-order chi connectivity index (χ0) is 12.5. The highest BCUT2D eigenvalue weighted by Crippen LogP contribution is 2.55. The lowest BCUT2D eigenvalue weighted by Gasteiger charge is -2.44. The van der Waals surface area contributed by atoms with Crippen LogP contribution in [0.15, 0.2) is 0 Å². The standard InChI is InChI=1S/C14H23NO2/c1-3-7-14(16,8-4-2)13(10-15)9-11-5-6-12(13)17-11/h11-12,16H,3-9H2,1-2H3. The van der Waals surface area contributed by atoms with Crippen LogP contribution in [0.5, 0.6) is 0 Å². The molecule has 0 radical (unpaired) electrons. The summed E-state index contributed by atoms with van der Waals surface area (Å²) < 4.78 is 5.84. The van der Waals surface area contributed by atoms with Gasteiger partial charge >= 0.3 is 0 Å². The van der Waals surface area contributed by atoms with E-state index in [2.05, 4.69) is 19.9 Å². The first-order valence-corrected chi connectivity index (χ1v) is 6.91. The van der Waals surface area contributed by atoms with Crippen LogP contribution in [0.1, 0.15) is 58.8 Å². The molecule has 2 aliphatic rings. The van der Waals surface area contributed by atoms with Crippen molar-refractivity contribution < 1.29 is 9.84 Å². The maximum atomic E-state index is 11.0. The SMILES string of the molecule is CCCC(O)(CCC)C1(C#N)CC2CCC1O2. The molecular formula is C14H23NO2. The third kappa shape index (κ3) is 1.78. The van der Waals surface area contributed by atoms with E-state index in [9.17, 15) is 10.4 Å². The zero-order valence-corrected chi connectivity index (χ0v) is 10.9. The van der Waals surface area contributed by atoms with Gasteiger partial charge in [-0.25, -0.2) is 0 Å². The first-order valence-electron chi connectivity index (χ1n) is 6.91. The topological polar surface area (TPSA) is 53.2 Å². The molecule has 0 aromatic carbocycles. The Bertz CT molecular complexity index is 317. The van der Waals surface area contributed by atoms with Gasteiger partial charge in [-0.15, -0.1) is 0 Å². The predicted molar refractivity (Wildman–Crippen MR) is 65.3 cm³/mol. The summed E-state index contributed by atoms with van der Waals surface area (Å²) in [5.74, 6) is 0. The molecule has 2 aliphatic heterocycles. The Labute approximate surface area is 104 Å². The van der Waals surface area contributed by atoms with Gasteiger partial charge < -0.3 is 9.84 Å². The Hall–Kier alpha value is -0.590. The molecule has 3 atom stereocenters. The molecule has 0 aromatic heterocycles. The Morgan fingerprint density at radius 3 is 2.35 bits per heavy atom. The minimum atomic E-state index is -0.856. The van der Waals surface area contributed by atoms with Gasteiger partial charge in [0.2, 0.25) is 0 Å². The van der Waals surface area contributed by atoms with Crippen LogP contribution in [-0.2, 0) is 4.74 Å². The van der Waals surface area contributed by atoms with Crippen molar-refractivity contribution in [2.45, 2.75) is 76.6 Å². The number of nitriles is 1. The van der Waals surface area contributed by atoms with E-state index < -0.39 is 11.0 Å². The highest BCUT2D eigenvalue weighted by Gasteiger charge is 2.62. The second kappa shape index (κ2) is 4.59. The van der Waals surface area contributed by atoms with Crippen molar-refractivity contribution >= 4 is 0 Å². The van der Waals surface area contributed by atoms with E-state index in [-0.39, 0.29) is 12.2 Å². The summed E-state index contributed by atoms with van der Waals surface area (Å²) in [7, 11) is 0. The maximum absolute atomic E-state index is 11.0. The van der Waals surface area contributed by atoms with Crippen molar-refractivity contribution in [3.63, 3.8) is 0 Å². The fraction of sp³-hybridized carbons (Fsp3) is 0.929. The fourth-order valence-corrected chi connectivity index (χ4v) is 3.82. The van der Waals surface area contributed by atoms with Gasteiger partial charge in [0.05, 0.1) is 23.9 Å². The summed E-state index contributed by atoms with van der Waals surface area (Å²) in [6.45, 7) is 4.14. The molecule has 3 heteroatoms. The summed E-state index contributed by atoms with van der Waals surface area (Å²) >= 11 is 0. The van der Waals surface area contributed by atoms with Crippen LogP contribution in [0.3, 0.4) is 0 Å². The largest absolute Gasteiger partial charge is 0.388 e. The smallest absolute Gasteiger partial charge is 0.114 e. The Morgan fingerprint density at radius 2 is 2.00 bits per heavy atom. The second-order valence-corrected chi connectivity index (χ2v) is 5.64. The van der Waals surface area contributed by atoms with Crippen LogP contribution in [0.2, 0.25) is 0 Å². The van der Waals surface area contributed by atoms with Crippen LogP contribution in [0.4, 0.5) is 0 Å². The van der Waals surface area contributed by atoms with Crippen molar-refractivity contribution in [3.8, 4) is 6.07 Å². The van der Waals surface area contributed by atoms with E-state index in [1.807, 2.05) is 0 Å². The summed E-state index contributed by atoms with van der Waals surface area (Å²) in [6, 6.07) is 2.44. The molecule has 2 fully saturated rings. The molecule has 2 rings (SSSR count). The van der Waals surface area contributed by atoms with Gasteiger partial charge in [-0.1, -0.05) is 26.7 Å². The van der Waals surface area contributed by atoms with Gasteiger partial charge in [-0.2, -0.15) is 5.26 Å². The van der Waals surface area contributed by atoms with Crippen molar-refractivity contribution in [3.05, 3.63) is 0 Å². The first kappa shape index (κ1) is 12.9. The van der Waals surface area contributed by atoms with E-state index in [1.165, 1.54) is 0 Å². The number of rotatable bonds is 5. The maximum Gasteiger partial charge on any atom is 0.114 e. The molecule has 2 saturated heterocycles. The normalized spacial score (nSPS) is 36.1. The summed E-state index contributed by atoms with van der Waals surface area (Å²) in [5.41, 5.74) is -1.51. The van der Waals surface area contributed by atoms with E-state index in [0.717, 1.165) is 32.1 Å². The molecule has 17 heavy (non-hydrogen) atoms. The Kier molecular flexibility index (Phi) is 3.47. The summed E-state index contributed by atoms with van der Waals surface area (Å²) in [6.07, 6.45) is 6.14. The van der Waals surface area contributed by atoms with Crippen LogP contribution >= 0.6 is 0 Å².